The van der Waals surface area contributed by atoms with Crippen molar-refractivity contribution in [3.05, 3.63) is 71.2 Å². The minimum atomic E-state index is -0.149. The third-order valence-corrected chi connectivity index (χ3v) is 4.61. The van der Waals surface area contributed by atoms with E-state index >= 15 is 0 Å². The summed E-state index contributed by atoms with van der Waals surface area (Å²) < 4.78 is 10.5. The van der Waals surface area contributed by atoms with Crippen LogP contribution in [0.5, 0.6) is 11.5 Å². The van der Waals surface area contributed by atoms with Crippen LogP contribution in [0, 0.1) is 0 Å². The molecule has 138 valence electrons. The van der Waals surface area contributed by atoms with Crippen molar-refractivity contribution in [2.24, 2.45) is 4.99 Å². The van der Waals surface area contributed by atoms with E-state index in [2.05, 4.69) is 10.3 Å². The minimum absolute atomic E-state index is 0.149. The second-order valence-electron chi connectivity index (χ2n) is 5.56. The second-order valence-corrected chi connectivity index (χ2v) is 6.59. The summed E-state index contributed by atoms with van der Waals surface area (Å²) in [7, 11) is 1.64. The third kappa shape index (κ3) is 5.24. The molecule has 2 aromatic carbocycles. The van der Waals surface area contributed by atoms with Crippen LogP contribution in [0.2, 0.25) is 0 Å². The molecular formula is C21H20N2O3S. The summed E-state index contributed by atoms with van der Waals surface area (Å²) in [4.78, 5) is 17.1. The molecule has 0 atom stereocenters. The van der Waals surface area contributed by atoms with Gasteiger partial charge in [0.05, 0.1) is 24.3 Å². The quantitative estimate of drug-likeness (QED) is 0.748. The number of nitrogens with one attached hydrogen (secondary N) is 1. The van der Waals surface area contributed by atoms with Gasteiger partial charge in [-0.3, -0.25) is 4.79 Å². The zero-order valence-corrected chi connectivity index (χ0v) is 16.0. The molecule has 1 heterocycles. The van der Waals surface area contributed by atoms with Gasteiger partial charge in [-0.15, -0.1) is 0 Å². The minimum Gasteiger partial charge on any atom is -0.497 e. The molecule has 1 N–H and O–H groups in total. The zero-order chi connectivity index (χ0) is 19.1. The number of allylic oxidation sites excluding steroid dienone is 2. The van der Waals surface area contributed by atoms with E-state index in [9.17, 15) is 4.79 Å². The molecular weight excluding hydrogens is 360 g/mol. The molecule has 5 nitrogen and oxygen atoms in total. The van der Waals surface area contributed by atoms with Crippen LogP contribution in [0.15, 0.2) is 70.6 Å². The van der Waals surface area contributed by atoms with Gasteiger partial charge in [-0.25, -0.2) is 4.99 Å². The second kappa shape index (κ2) is 9.09. The maximum Gasteiger partial charge on any atom is 0.264 e. The highest BCUT2D eigenvalue weighted by atomic mass is 32.2. The monoisotopic (exact) mass is 380 g/mol. The van der Waals surface area contributed by atoms with E-state index in [1.807, 2.05) is 67.6 Å². The van der Waals surface area contributed by atoms with E-state index < -0.39 is 0 Å². The summed E-state index contributed by atoms with van der Waals surface area (Å²) >= 11 is 1.32. The van der Waals surface area contributed by atoms with Crippen LogP contribution in [-0.4, -0.2) is 24.8 Å². The van der Waals surface area contributed by atoms with Crippen LogP contribution in [0.4, 0.5) is 5.69 Å². The zero-order valence-electron chi connectivity index (χ0n) is 15.1. The average Bonchev–Trinajstić information content (AvgIpc) is 3.03. The summed E-state index contributed by atoms with van der Waals surface area (Å²) in [5.41, 5.74) is 1.79. The normalized spacial score (nSPS) is 16.9. The number of benzene rings is 2. The summed E-state index contributed by atoms with van der Waals surface area (Å²) in [6, 6.07) is 15.1. The van der Waals surface area contributed by atoms with E-state index in [4.69, 9.17) is 9.47 Å². The number of hydrogen-bond donors (Lipinski definition) is 1. The Bertz CT molecular complexity index is 885. The first kappa shape index (κ1) is 18.8. The average molecular weight is 380 g/mol. The number of amidine groups is 1. The Hall–Kier alpha value is -2.99. The Kier molecular flexibility index (Phi) is 6.33. The molecule has 0 radical (unpaired) electrons. The first-order valence-corrected chi connectivity index (χ1v) is 9.33. The van der Waals surface area contributed by atoms with Crippen molar-refractivity contribution < 1.29 is 14.3 Å². The van der Waals surface area contributed by atoms with E-state index in [1.54, 1.807) is 13.2 Å². The van der Waals surface area contributed by atoms with Crippen molar-refractivity contribution >= 4 is 34.6 Å². The van der Waals surface area contributed by atoms with Crippen molar-refractivity contribution in [1.82, 2.24) is 5.32 Å². The highest BCUT2D eigenvalue weighted by Crippen LogP contribution is 2.27. The van der Waals surface area contributed by atoms with Gasteiger partial charge in [0.25, 0.3) is 5.91 Å². The lowest BCUT2D eigenvalue weighted by atomic mass is 10.2. The SMILES string of the molecule is CCOc1ccc(N=C2NC(=O)/C(=C\C=C\c3ccc(OC)cc3)S2)cc1. The van der Waals surface area contributed by atoms with Crippen LogP contribution in [0.3, 0.4) is 0 Å². The first-order chi connectivity index (χ1) is 13.2. The molecule has 0 bridgehead atoms. The first-order valence-electron chi connectivity index (χ1n) is 8.51. The number of ether oxygens (including phenoxy) is 2. The Labute approximate surface area is 162 Å². The number of aliphatic imine (C=N–C) groups is 1. The van der Waals surface area contributed by atoms with E-state index in [0.29, 0.717) is 16.7 Å². The lowest BCUT2D eigenvalue weighted by molar-refractivity contribution is -0.115. The van der Waals surface area contributed by atoms with E-state index in [0.717, 1.165) is 22.7 Å². The standard InChI is InChI=1S/C21H20N2O3S/c1-3-26-18-13-9-16(10-14-18)22-21-23-20(24)19(27-21)6-4-5-15-7-11-17(25-2)12-8-15/h4-14H,3H2,1-2H3,(H,22,23,24)/b5-4+,19-6+. The molecule has 27 heavy (non-hydrogen) atoms. The molecule has 1 fully saturated rings. The smallest absolute Gasteiger partial charge is 0.264 e. The Balaban J connectivity index is 1.65. The third-order valence-electron chi connectivity index (χ3n) is 3.68. The molecule has 1 saturated heterocycles. The van der Waals surface area contributed by atoms with Gasteiger partial charge < -0.3 is 14.8 Å². The summed E-state index contributed by atoms with van der Waals surface area (Å²) in [6.45, 7) is 2.56. The van der Waals surface area contributed by atoms with Crippen molar-refractivity contribution in [2.45, 2.75) is 6.92 Å². The van der Waals surface area contributed by atoms with Gasteiger partial charge >= 0.3 is 0 Å². The molecule has 0 spiro atoms. The van der Waals surface area contributed by atoms with Gasteiger partial charge in [-0.2, -0.15) is 0 Å². The summed E-state index contributed by atoms with van der Waals surface area (Å²) in [6.07, 6.45) is 5.57. The number of amides is 1. The predicted molar refractivity (Wildman–Crippen MR) is 111 cm³/mol. The maximum absolute atomic E-state index is 12.1. The van der Waals surface area contributed by atoms with E-state index in [-0.39, 0.29) is 5.91 Å². The number of methoxy groups -OCH3 is 1. The Morgan fingerprint density at radius 2 is 1.78 bits per heavy atom. The number of carbonyl (C=O) groups excluding carboxylic acids is 1. The van der Waals surface area contributed by atoms with Crippen molar-refractivity contribution in [2.75, 3.05) is 13.7 Å². The van der Waals surface area contributed by atoms with Crippen LogP contribution >= 0.6 is 11.8 Å². The van der Waals surface area contributed by atoms with Gasteiger partial charge in [-0.05, 0) is 66.7 Å². The molecule has 0 aromatic heterocycles. The van der Waals surface area contributed by atoms with Crippen LogP contribution in [-0.2, 0) is 4.79 Å². The van der Waals surface area contributed by atoms with Gasteiger partial charge in [0.15, 0.2) is 5.17 Å². The fourth-order valence-electron chi connectivity index (χ4n) is 2.36. The predicted octanol–water partition coefficient (Wildman–Crippen LogP) is 4.54. The van der Waals surface area contributed by atoms with E-state index in [1.165, 1.54) is 11.8 Å². The fourth-order valence-corrected chi connectivity index (χ4v) is 3.15. The Morgan fingerprint density at radius 3 is 2.44 bits per heavy atom. The van der Waals surface area contributed by atoms with Crippen LogP contribution < -0.4 is 14.8 Å². The maximum atomic E-state index is 12.1. The Morgan fingerprint density at radius 1 is 1.07 bits per heavy atom. The van der Waals surface area contributed by atoms with Crippen LogP contribution in [0.25, 0.3) is 6.08 Å². The lowest BCUT2D eigenvalue weighted by Gasteiger charge is -2.02. The fraction of sp³-hybridized carbons (Fsp3) is 0.143. The van der Waals surface area contributed by atoms with Gasteiger partial charge in [0, 0.05) is 0 Å². The summed E-state index contributed by atoms with van der Waals surface area (Å²) in [5.74, 6) is 1.46. The topological polar surface area (TPSA) is 59.9 Å². The van der Waals surface area contributed by atoms with Crippen molar-refractivity contribution in [3.63, 3.8) is 0 Å². The molecule has 2 aromatic rings. The highest BCUT2D eigenvalue weighted by molar-refractivity contribution is 8.18. The molecule has 0 aliphatic carbocycles. The number of rotatable bonds is 6. The number of nitrogens with zero attached hydrogens (tertiary/aromatic N) is 1. The number of thioether (sulfide) groups is 1. The highest BCUT2D eigenvalue weighted by Gasteiger charge is 2.23. The van der Waals surface area contributed by atoms with Crippen LogP contribution in [0.1, 0.15) is 12.5 Å². The molecule has 3 rings (SSSR count). The number of carbonyl (C=O) groups is 1. The molecule has 1 aliphatic heterocycles. The van der Waals surface area contributed by atoms with Gasteiger partial charge in [0.2, 0.25) is 0 Å². The lowest BCUT2D eigenvalue weighted by Crippen LogP contribution is -2.19. The largest absolute Gasteiger partial charge is 0.497 e. The van der Waals surface area contributed by atoms with Crippen molar-refractivity contribution in [3.8, 4) is 11.5 Å². The molecule has 6 heteroatoms. The molecule has 1 amide bonds. The van der Waals surface area contributed by atoms with Crippen molar-refractivity contribution in [1.29, 1.82) is 0 Å². The van der Waals surface area contributed by atoms with Gasteiger partial charge in [-0.1, -0.05) is 24.3 Å². The summed E-state index contributed by atoms with van der Waals surface area (Å²) in [5, 5.41) is 3.34. The molecule has 0 unspecified atom stereocenters. The molecule has 1 aliphatic rings. The number of hydrogen-bond acceptors (Lipinski definition) is 5. The van der Waals surface area contributed by atoms with Gasteiger partial charge in [0.1, 0.15) is 11.5 Å². The molecule has 0 saturated carbocycles.